The Balaban J connectivity index is 5.29. The molecule has 0 bridgehead atoms. The number of aliphatic hydroxyl groups excluding tert-OH is 2. The molecule has 0 saturated carbocycles. The molecule has 0 heterocycles. The largest absolute Gasteiger partial charge is 0.439 e. The third kappa shape index (κ3) is 17.0. The molecule has 12 heteroatoms. The van der Waals surface area contributed by atoms with Crippen LogP contribution in [0.3, 0.4) is 0 Å². The Morgan fingerprint density at radius 2 is 1.39 bits per heavy atom. The van der Waals surface area contributed by atoms with E-state index in [9.17, 15) is 5.11 Å². The van der Waals surface area contributed by atoms with Gasteiger partial charge in [0.25, 0.3) is 9.28 Å². The highest BCUT2D eigenvalue weighted by Crippen LogP contribution is 2.30. The number of aliphatic hydroxyl groups is 2. The van der Waals surface area contributed by atoms with Crippen LogP contribution in [0.1, 0.15) is 26.2 Å². The van der Waals surface area contributed by atoms with Crippen molar-refractivity contribution in [3.8, 4) is 0 Å². The summed E-state index contributed by atoms with van der Waals surface area (Å²) in [6, 6.07) is 1.77. The molecule has 188 valence electrons. The fourth-order valence-corrected chi connectivity index (χ4v) is 24.4. The normalized spacial score (nSPS) is 19.0. The molecule has 0 aromatic heterocycles. The third-order valence-corrected chi connectivity index (χ3v) is 21.9. The molecule has 0 radical (unpaired) electrons. The van der Waals surface area contributed by atoms with E-state index in [-0.39, 0.29) is 13.2 Å². The minimum Gasteiger partial charge on any atom is -0.439 e. The number of ether oxygens (including phenoxy) is 1. The molecule has 0 rings (SSSR count). The Kier molecular flexibility index (Phi) is 14.6. The summed E-state index contributed by atoms with van der Waals surface area (Å²) < 4.78 is 32.1. The van der Waals surface area contributed by atoms with Gasteiger partial charge in [-0.3, -0.25) is 0 Å². The van der Waals surface area contributed by atoms with Crippen molar-refractivity contribution in [1.29, 1.82) is 0 Å². The van der Waals surface area contributed by atoms with Gasteiger partial charge in [-0.05, 0) is 77.4 Å². The highest BCUT2D eigenvalue weighted by molar-refractivity contribution is 6.88. The Morgan fingerprint density at radius 1 is 0.806 bits per heavy atom. The van der Waals surface area contributed by atoms with E-state index in [0.717, 1.165) is 31.4 Å². The smallest absolute Gasteiger partial charge is 0.317 e. The molecule has 4 unspecified atom stereocenters. The summed E-state index contributed by atoms with van der Waals surface area (Å²) in [5.41, 5.74) is 0. The fraction of sp³-hybridized carbons (Fsp3) is 1.00. The summed E-state index contributed by atoms with van der Waals surface area (Å²) in [7, 11) is -10.2. The van der Waals surface area contributed by atoms with Crippen molar-refractivity contribution in [1.82, 2.24) is 0 Å². The second kappa shape index (κ2) is 14.3. The molecule has 0 aromatic carbocycles. The van der Waals surface area contributed by atoms with Crippen LogP contribution in [-0.2, 0) is 21.2 Å². The predicted octanol–water partition coefficient (Wildman–Crippen LogP) is 4.28. The zero-order valence-corrected chi connectivity index (χ0v) is 26.9. The summed E-state index contributed by atoms with van der Waals surface area (Å²) in [6.45, 7) is 22.3. The molecule has 0 aliphatic carbocycles. The topological polar surface area (TPSA) is 86.6 Å². The van der Waals surface area contributed by atoms with E-state index in [1.807, 2.05) is 0 Å². The SMILES string of the molecule is CCCC[Si](C)(O[SiH](C)O[Si](C)(C)C)O[Si](C)(CCCOCC(O)CO)O[Si](C)(C)C. The van der Waals surface area contributed by atoms with Gasteiger partial charge in [-0.1, -0.05) is 19.8 Å². The Morgan fingerprint density at radius 3 is 1.87 bits per heavy atom. The molecule has 0 aliphatic rings. The monoisotopic (exact) mass is 530 g/mol. The van der Waals surface area contributed by atoms with Crippen LogP contribution in [0.5, 0.6) is 0 Å². The third-order valence-electron chi connectivity index (χ3n) is 4.31. The van der Waals surface area contributed by atoms with Gasteiger partial charge in [0.1, 0.15) is 6.10 Å². The maximum absolute atomic E-state index is 9.44. The van der Waals surface area contributed by atoms with Crippen molar-refractivity contribution < 1.29 is 31.4 Å². The second-order valence-electron chi connectivity index (χ2n) is 10.6. The van der Waals surface area contributed by atoms with Crippen LogP contribution in [-0.4, -0.2) is 79.2 Å². The van der Waals surface area contributed by atoms with Crippen LogP contribution in [0.4, 0.5) is 0 Å². The lowest BCUT2D eigenvalue weighted by Crippen LogP contribution is -2.57. The van der Waals surface area contributed by atoms with E-state index in [2.05, 4.69) is 65.8 Å². The summed E-state index contributed by atoms with van der Waals surface area (Å²) in [4.78, 5) is 0. The average Bonchev–Trinajstić information content (AvgIpc) is 2.55. The molecular formula is C19H50O7Si5. The van der Waals surface area contributed by atoms with Crippen LogP contribution >= 0.6 is 0 Å². The van der Waals surface area contributed by atoms with Crippen LogP contribution in [0.25, 0.3) is 0 Å². The van der Waals surface area contributed by atoms with E-state index in [4.69, 9.17) is 26.3 Å². The van der Waals surface area contributed by atoms with Gasteiger partial charge in [0, 0.05) is 6.61 Å². The molecule has 2 N–H and O–H groups in total. The lowest BCUT2D eigenvalue weighted by Gasteiger charge is -2.42. The van der Waals surface area contributed by atoms with Crippen molar-refractivity contribution in [2.45, 2.75) is 103 Å². The number of rotatable bonds is 18. The van der Waals surface area contributed by atoms with Gasteiger partial charge < -0.3 is 31.4 Å². The quantitative estimate of drug-likeness (QED) is 0.202. The van der Waals surface area contributed by atoms with E-state index in [1.165, 1.54) is 0 Å². The Labute approximate surface area is 197 Å². The standard InChI is InChI=1S/C19H50O7Si5/c1-11-12-15-30(9,24-27(2)23-28(3,4)5)26-31(10,25-29(6,7)8)16-13-14-22-18-19(21)17-20/h19-21,27H,11-18H2,1-10H3. The molecule has 0 fully saturated rings. The van der Waals surface area contributed by atoms with Crippen molar-refractivity contribution >= 4 is 43.0 Å². The van der Waals surface area contributed by atoms with Gasteiger partial charge in [-0.25, -0.2) is 0 Å². The number of unbranched alkanes of at least 4 members (excludes halogenated alkanes) is 1. The van der Waals surface area contributed by atoms with Gasteiger partial charge in [0.2, 0.25) is 0 Å². The van der Waals surface area contributed by atoms with E-state index >= 15 is 0 Å². The van der Waals surface area contributed by atoms with Crippen LogP contribution in [0, 0.1) is 0 Å². The lowest BCUT2D eigenvalue weighted by molar-refractivity contribution is 0.00623. The van der Waals surface area contributed by atoms with Gasteiger partial charge in [-0.2, -0.15) is 0 Å². The van der Waals surface area contributed by atoms with Crippen LogP contribution in [0.2, 0.25) is 71.0 Å². The van der Waals surface area contributed by atoms with E-state index < -0.39 is 49.1 Å². The number of hydrogen-bond acceptors (Lipinski definition) is 7. The van der Waals surface area contributed by atoms with Crippen molar-refractivity contribution in [3.63, 3.8) is 0 Å². The lowest BCUT2D eigenvalue weighted by atomic mass is 10.4. The van der Waals surface area contributed by atoms with E-state index in [0.29, 0.717) is 6.61 Å². The van der Waals surface area contributed by atoms with Gasteiger partial charge >= 0.3 is 17.1 Å². The van der Waals surface area contributed by atoms with Crippen LogP contribution in [0.15, 0.2) is 0 Å². The minimum absolute atomic E-state index is 0.147. The highest BCUT2D eigenvalue weighted by atomic mass is 28.5. The van der Waals surface area contributed by atoms with E-state index in [1.54, 1.807) is 0 Å². The maximum atomic E-state index is 9.44. The summed E-state index contributed by atoms with van der Waals surface area (Å²) in [6.07, 6.45) is 2.15. The van der Waals surface area contributed by atoms with Crippen LogP contribution < -0.4 is 0 Å². The van der Waals surface area contributed by atoms with Gasteiger partial charge in [-0.15, -0.1) is 0 Å². The number of hydrogen-bond donors (Lipinski definition) is 2. The molecule has 0 aliphatic heterocycles. The summed E-state index contributed by atoms with van der Waals surface area (Å²) in [5.74, 6) is 0. The predicted molar refractivity (Wildman–Crippen MR) is 140 cm³/mol. The van der Waals surface area contributed by atoms with Crippen molar-refractivity contribution in [2.75, 3.05) is 19.8 Å². The second-order valence-corrected chi connectivity index (χ2v) is 29.3. The molecular weight excluding hydrogens is 481 g/mol. The molecule has 0 saturated heterocycles. The molecule has 0 spiro atoms. The first kappa shape index (κ1) is 31.8. The first-order valence-electron chi connectivity index (χ1n) is 11.7. The molecule has 0 aromatic rings. The summed E-state index contributed by atoms with van der Waals surface area (Å²) >= 11 is 0. The van der Waals surface area contributed by atoms with Gasteiger partial charge in [0.05, 0.1) is 13.2 Å². The minimum atomic E-state index is -2.50. The van der Waals surface area contributed by atoms with Crippen molar-refractivity contribution in [3.05, 3.63) is 0 Å². The highest BCUT2D eigenvalue weighted by Gasteiger charge is 2.45. The fourth-order valence-electron chi connectivity index (χ4n) is 3.50. The Hall–Kier alpha value is 0.804. The molecule has 7 nitrogen and oxygen atoms in total. The van der Waals surface area contributed by atoms with Gasteiger partial charge in [0.15, 0.2) is 16.6 Å². The average molecular weight is 531 g/mol. The zero-order valence-electron chi connectivity index (χ0n) is 21.7. The molecule has 4 atom stereocenters. The first-order valence-corrected chi connectivity index (χ1v) is 25.6. The van der Waals surface area contributed by atoms with Crippen molar-refractivity contribution in [2.24, 2.45) is 0 Å². The zero-order chi connectivity index (χ0) is 24.3. The molecule has 31 heavy (non-hydrogen) atoms. The Bertz CT molecular complexity index is 489. The first-order chi connectivity index (χ1) is 14.0. The maximum Gasteiger partial charge on any atom is 0.317 e. The molecule has 0 amide bonds. The summed E-state index contributed by atoms with van der Waals surface area (Å²) in [5, 5.41) is 18.4.